The number of hydrogen-bond acceptors (Lipinski definition) is 3. The number of nitrogens with two attached hydrogens (primary N) is 1. The van der Waals surface area contributed by atoms with Crippen LogP contribution in [0, 0.1) is 0 Å². The Hall–Kier alpha value is -0.190. The molecule has 19 heavy (non-hydrogen) atoms. The van der Waals surface area contributed by atoms with Gasteiger partial charge in [0.05, 0.1) is 10.6 Å². The zero-order valence-electron chi connectivity index (χ0n) is 12.4. The molecule has 1 saturated heterocycles. The van der Waals surface area contributed by atoms with Crippen LogP contribution < -0.4 is 5.73 Å². The second-order valence-corrected chi connectivity index (χ2v) is 7.00. The molecule has 1 aliphatic carbocycles. The Balaban J connectivity index is 2.03. The Morgan fingerprint density at radius 1 is 1.37 bits per heavy atom. The first-order valence-corrected chi connectivity index (χ1v) is 8.11. The lowest BCUT2D eigenvalue weighted by molar-refractivity contribution is -0.125. The van der Waals surface area contributed by atoms with Crippen LogP contribution in [0.5, 0.6) is 0 Å². The summed E-state index contributed by atoms with van der Waals surface area (Å²) in [5, 5.41) is 0. The first kappa shape index (κ1) is 15.2. The average molecular weight is 284 g/mol. The highest BCUT2D eigenvalue weighted by molar-refractivity contribution is 7.80. The minimum Gasteiger partial charge on any atom is -0.392 e. The van der Waals surface area contributed by atoms with E-state index in [4.69, 9.17) is 22.7 Å². The molecule has 1 aliphatic heterocycles. The summed E-state index contributed by atoms with van der Waals surface area (Å²) in [4.78, 5) is 3.08. The molecule has 2 N–H and O–H groups in total. The molecule has 0 radical (unpaired) electrons. The summed E-state index contributed by atoms with van der Waals surface area (Å²) in [7, 11) is 0. The molecule has 110 valence electrons. The van der Waals surface area contributed by atoms with Crippen molar-refractivity contribution < 1.29 is 4.74 Å². The summed E-state index contributed by atoms with van der Waals surface area (Å²) in [5.41, 5.74) is 5.92. The Morgan fingerprint density at radius 3 is 2.63 bits per heavy atom. The van der Waals surface area contributed by atoms with E-state index in [9.17, 15) is 0 Å². The highest BCUT2D eigenvalue weighted by Crippen LogP contribution is 2.40. The van der Waals surface area contributed by atoms with Gasteiger partial charge in [0, 0.05) is 25.2 Å². The van der Waals surface area contributed by atoms with Gasteiger partial charge in [0.1, 0.15) is 0 Å². The molecule has 4 heteroatoms. The van der Waals surface area contributed by atoms with Crippen LogP contribution in [0.4, 0.5) is 0 Å². The molecule has 1 spiro atoms. The molecule has 0 aromatic rings. The molecule has 2 fully saturated rings. The lowest BCUT2D eigenvalue weighted by Crippen LogP contribution is -2.53. The van der Waals surface area contributed by atoms with Crippen molar-refractivity contribution >= 4 is 17.2 Å². The third kappa shape index (κ3) is 3.89. The highest BCUT2D eigenvalue weighted by Gasteiger charge is 2.40. The first-order valence-electron chi connectivity index (χ1n) is 7.70. The molecule has 0 aromatic heterocycles. The van der Waals surface area contributed by atoms with E-state index in [0.717, 1.165) is 26.0 Å². The Bertz CT molecular complexity index is 308. The lowest BCUT2D eigenvalue weighted by atomic mass is 9.77. The average Bonchev–Trinajstić information content (AvgIpc) is 2.36. The van der Waals surface area contributed by atoms with Crippen molar-refractivity contribution in [3.63, 3.8) is 0 Å². The molecule has 2 rings (SSSR count). The normalized spacial score (nSPS) is 27.1. The van der Waals surface area contributed by atoms with Crippen molar-refractivity contribution in [3.05, 3.63) is 0 Å². The maximum absolute atomic E-state index is 6.18. The van der Waals surface area contributed by atoms with Gasteiger partial charge >= 0.3 is 0 Å². The van der Waals surface area contributed by atoms with Crippen molar-refractivity contribution in [3.8, 4) is 0 Å². The van der Waals surface area contributed by atoms with E-state index in [1.807, 2.05) is 0 Å². The summed E-state index contributed by atoms with van der Waals surface area (Å²) in [5.74, 6) is 0. The van der Waals surface area contributed by atoms with Crippen LogP contribution in [0.2, 0.25) is 0 Å². The van der Waals surface area contributed by atoms with Gasteiger partial charge in [-0.1, -0.05) is 31.5 Å². The molecule has 1 atom stereocenters. The van der Waals surface area contributed by atoms with Crippen LogP contribution in [0.25, 0.3) is 0 Å². The molecule has 1 unspecified atom stereocenters. The number of rotatable bonds is 4. The molecule has 0 aromatic carbocycles. The number of ether oxygens (including phenoxy) is 1. The fourth-order valence-corrected chi connectivity index (χ4v) is 3.89. The van der Waals surface area contributed by atoms with Gasteiger partial charge in [-0.3, -0.25) is 4.90 Å². The van der Waals surface area contributed by atoms with Crippen molar-refractivity contribution in [2.45, 2.75) is 76.5 Å². The van der Waals surface area contributed by atoms with Gasteiger partial charge < -0.3 is 10.5 Å². The standard InChI is InChI=1S/C15H28N2OS/c1-12(2)17(11-14(16)19)13-6-9-18-15(10-13)7-4-3-5-8-15/h12-13H,3-11H2,1-2H3,(H2,16,19). The quantitative estimate of drug-likeness (QED) is 0.806. The molecule has 0 bridgehead atoms. The predicted octanol–water partition coefficient (Wildman–Crippen LogP) is 2.86. The second kappa shape index (κ2) is 6.51. The molecule has 3 nitrogen and oxygen atoms in total. The molecular formula is C15H28N2OS. The van der Waals surface area contributed by atoms with Gasteiger partial charge in [-0.2, -0.15) is 0 Å². The number of hydrogen-bond donors (Lipinski definition) is 1. The molecule has 0 amide bonds. The van der Waals surface area contributed by atoms with Crippen molar-refractivity contribution in [2.24, 2.45) is 5.73 Å². The van der Waals surface area contributed by atoms with E-state index in [1.165, 1.54) is 32.1 Å². The number of thiocarbonyl (C=S) groups is 1. The van der Waals surface area contributed by atoms with Crippen LogP contribution in [0.15, 0.2) is 0 Å². The van der Waals surface area contributed by atoms with Gasteiger partial charge in [0.15, 0.2) is 0 Å². The Morgan fingerprint density at radius 2 is 2.05 bits per heavy atom. The highest BCUT2D eigenvalue weighted by atomic mass is 32.1. The Labute approximate surface area is 122 Å². The van der Waals surface area contributed by atoms with Gasteiger partial charge in [-0.05, 0) is 39.5 Å². The van der Waals surface area contributed by atoms with E-state index >= 15 is 0 Å². The van der Waals surface area contributed by atoms with E-state index < -0.39 is 0 Å². The maximum atomic E-state index is 6.18. The third-order valence-electron chi connectivity index (χ3n) is 4.70. The summed E-state index contributed by atoms with van der Waals surface area (Å²) in [6, 6.07) is 1.07. The topological polar surface area (TPSA) is 38.5 Å². The predicted molar refractivity (Wildman–Crippen MR) is 83.4 cm³/mol. The minimum atomic E-state index is 0.157. The minimum absolute atomic E-state index is 0.157. The van der Waals surface area contributed by atoms with Crippen LogP contribution >= 0.6 is 12.2 Å². The first-order chi connectivity index (χ1) is 9.02. The van der Waals surface area contributed by atoms with Crippen LogP contribution in [0.3, 0.4) is 0 Å². The second-order valence-electron chi connectivity index (χ2n) is 6.47. The molecule has 1 heterocycles. The van der Waals surface area contributed by atoms with E-state index in [0.29, 0.717) is 17.1 Å². The zero-order valence-corrected chi connectivity index (χ0v) is 13.2. The van der Waals surface area contributed by atoms with Crippen molar-refractivity contribution in [2.75, 3.05) is 13.2 Å². The van der Waals surface area contributed by atoms with Gasteiger partial charge in [0.2, 0.25) is 0 Å². The van der Waals surface area contributed by atoms with Gasteiger partial charge in [-0.15, -0.1) is 0 Å². The fourth-order valence-electron chi connectivity index (χ4n) is 3.74. The maximum Gasteiger partial charge on any atom is 0.0870 e. The van der Waals surface area contributed by atoms with Crippen LogP contribution in [0.1, 0.15) is 58.8 Å². The fraction of sp³-hybridized carbons (Fsp3) is 0.933. The van der Waals surface area contributed by atoms with Gasteiger partial charge in [-0.25, -0.2) is 0 Å². The summed E-state index contributed by atoms with van der Waals surface area (Å²) in [6.45, 7) is 6.11. The lowest BCUT2D eigenvalue weighted by Gasteiger charge is -2.47. The summed E-state index contributed by atoms with van der Waals surface area (Å²) >= 11 is 5.11. The van der Waals surface area contributed by atoms with Gasteiger partial charge in [0.25, 0.3) is 0 Å². The van der Waals surface area contributed by atoms with E-state index in [-0.39, 0.29) is 5.60 Å². The monoisotopic (exact) mass is 284 g/mol. The SMILES string of the molecule is CC(C)N(CC(N)=S)C1CCOC2(CCCCC2)C1. The summed E-state index contributed by atoms with van der Waals surface area (Å²) < 4.78 is 6.18. The smallest absolute Gasteiger partial charge is 0.0870 e. The third-order valence-corrected chi connectivity index (χ3v) is 4.83. The van der Waals surface area contributed by atoms with E-state index in [1.54, 1.807) is 0 Å². The zero-order chi connectivity index (χ0) is 13.9. The number of nitrogens with zero attached hydrogens (tertiary/aromatic N) is 1. The molecular weight excluding hydrogens is 256 g/mol. The van der Waals surface area contributed by atoms with Crippen molar-refractivity contribution in [1.82, 2.24) is 4.90 Å². The molecule has 2 aliphatic rings. The van der Waals surface area contributed by atoms with Crippen molar-refractivity contribution in [1.29, 1.82) is 0 Å². The largest absolute Gasteiger partial charge is 0.392 e. The van der Waals surface area contributed by atoms with Crippen LogP contribution in [-0.4, -0.2) is 40.7 Å². The van der Waals surface area contributed by atoms with E-state index in [2.05, 4.69) is 18.7 Å². The van der Waals surface area contributed by atoms with Crippen LogP contribution in [-0.2, 0) is 4.74 Å². The summed E-state index contributed by atoms with van der Waals surface area (Å²) in [6.07, 6.45) is 8.77. The molecule has 1 saturated carbocycles. The Kier molecular flexibility index (Phi) is 5.21.